The van der Waals surface area contributed by atoms with Crippen molar-refractivity contribution < 1.29 is 24.5 Å². The fourth-order valence-electron chi connectivity index (χ4n) is 2.58. The van der Waals surface area contributed by atoms with Gasteiger partial charge in [0.2, 0.25) is 5.88 Å². The highest BCUT2D eigenvalue weighted by atomic mass is 16.5. The van der Waals surface area contributed by atoms with Crippen molar-refractivity contribution >= 4 is 5.91 Å². The number of carbonyl (C=O) groups is 1. The monoisotopic (exact) mass is 389 g/mol. The molecule has 1 aromatic heterocycles. The molecule has 0 bridgehead atoms. The van der Waals surface area contributed by atoms with Crippen LogP contribution in [-0.2, 0) is 11.3 Å². The molecule has 1 unspecified atom stereocenters. The predicted molar refractivity (Wildman–Crippen MR) is 104 cm³/mol. The Balaban J connectivity index is 1.58. The first kappa shape index (κ1) is 21.6. The molecular formula is C20H27N3O5. The van der Waals surface area contributed by atoms with Crippen molar-refractivity contribution in [3.63, 3.8) is 0 Å². The molecule has 1 atom stereocenters. The first-order valence-electron chi connectivity index (χ1n) is 9.09. The highest BCUT2D eigenvalue weighted by Gasteiger charge is 2.13. The molecule has 0 saturated heterocycles. The van der Waals surface area contributed by atoms with E-state index in [9.17, 15) is 15.0 Å². The second-order valence-corrected chi connectivity index (χ2v) is 6.33. The maximum absolute atomic E-state index is 11.2. The fourth-order valence-corrected chi connectivity index (χ4v) is 2.58. The fraction of sp³-hybridized carbons (Fsp3) is 0.400. The van der Waals surface area contributed by atoms with Crippen LogP contribution in [0, 0.1) is 0 Å². The number of primary amides is 1. The average molecular weight is 389 g/mol. The number of carbonyl (C=O) groups excluding carboxylic acids is 1. The number of benzene rings is 1. The average Bonchev–Trinajstić information content (AvgIpc) is 2.70. The van der Waals surface area contributed by atoms with Crippen molar-refractivity contribution in [2.45, 2.75) is 25.6 Å². The molecule has 1 amide bonds. The maximum Gasteiger partial charge on any atom is 0.252 e. The van der Waals surface area contributed by atoms with Gasteiger partial charge in [-0.05, 0) is 48.7 Å². The lowest BCUT2D eigenvalue weighted by Gasteiger charge is -2.13. The summed E-state index contributed by atoms with van der Waals surface area (Å²) in [6.45, 7) is 2.20. The number of phenols is 1. The number of methoxy groups -OCH3 is 1. The summed E-state index contributed by atoms with van der Waals surface area (Å²) in [6, 6.07) is 8.05. The van der Waals surface area contributed by atoms with Crippen LogP contribution in [0.25, 0.3) is 0 Å². The van der Waals surface area contributed by atoms with Crippen molar-refractivity contribution in [2.75, 3.05) is 26.8 Å². The predicted octanol–water partition coefficient (Wildman–Crippen LogP) is 1.51. The Morgan fingerprint density at radius 1 is 1.29 bits per heavy atom. The number of unbranched alkanes of at least 4 members (excludes halogenated alkanes) is 1. The highest BCUT2D eigenvalue weighted by Crippen LogP contribution is 2.21. The minimum Gasteiger partial charge on any atom is -0.507 e. The normalized spacial score (nSPS) is 11.9. The largest absolute Gasteiger partial charge is 0.507 e. The van der Waals surface area contributed by atoms with Crippen molar-refractivity contribution in [1.82, 2.24) is 10.3 Å². The van der Waals surface area contributed by atoms with E-state index in [2.05, 4.69) is 10.3 Å². The van der Waals surface area contributed by atoms with Crippen LogP contribution < -0.4 is 15.8 Å². The Bertz CT molecular complexity index is 752. The Morgan fingerprint density at radius 3 is 2.79 bits per heavy atom. The first-order chi connectivity index (χ1) is 13.5. The zero-order valence-corrected chi connectivity index (χ0v) is 15.9. The molecule has 1 aromatic carbocycles. The molecule has 28 heavy (non-hydrogen) atoms. The number of aliphatic hydroxyl groups is 1. The number of pyridine rings is 1. The van der Waals surface area contributed by atoms with Crippen LogP contribution in [0.4, 0.5) is 0 Å². The lowest BCUT2D eigenvalue weighted by atomic mass is 10.0. The third-order valence-corrected chi connectivity index (χ3v) is 4.18. The molecule has 0 saturated carbocycles. The van der Waals surface area contributed by atoms with Gasteiger partial charge in [-0.2, -0.15) is 0 Å². The molecule has 1 heterocycles. The number of amides is 1. The van der Waals surface area contributed by atoms with Gasteiger partial charge in [-0.3, -0.25) is 4.79 Å². The van der Waals surface area contributed by atoms with E-state index in [0.717, 1.165) is 24.9 Å². The molecule has 0 fully saturated rings. The SMILES string of the molecule is COc1ccc(COCCCCNCC(O)c2ccc(O)c(C(N)=O)c2)cn1. The number of hydrogen-bond acceptors (Lipinski definition) is 7. The molecule has 2 rings (SSSR count). The summed E-state index contributed by atoms with van der Waals surface area (Å²) in [6.07, 6.45) is 2.72. The quantitative estimate of drug-likeness (QED) is 0.405. The number of aliphatic hydroxyl groups excluding tert-OH is 1. The summed E-state index contributed by atoms with van der Waals surface area (Å²) in [4.78, 5) is 15.4. The maximum atomic E-state index is 11.2. The van der Waals surface area contributed by atoms with E-state index >= 15 is 0 Å². The van der Waals surface area contributed by atoms with Crippen LogP contribution in [0.1, 0.15) is 40.4 Å². The van der Waals surface area contributed by atoms with Crippen LogP contribution in [0.3, 0.4) is 0 Å². The van der Waals surface area contributed by atoms with E-state index < -0.39 is 12.0 Å². The van der Waals surface area contributed by atoms with Crippen LogP contribution in [0.5, 0.6) is 11.6 Å². The van der Waals surface area contributed by atoms with Crippen molar-refractivity contribution in [2.24, 2.45) is 5.73 Å². The third kappa shape index (κ3) is 6.80. The van der Waals surface area contributed by atoms with Gasteiger partial charge in [0.05, 0.1) is 25.4 Å². The number of nitrogens with two attached hydrogens (primary N) is 1. The molecule has 0 aliphatic carbocycles. The molecule has 0 aliphatic rings. The minimum atomic E-state index is -0.794. The number of hydrogen-bond donors (Lipinski definition) is 4. The zero-order valence-electron chi connectivity index (χ0n) is 15.9. The number of ether oxygens (including phenoxy) is 2. The van der Waals surface area contributed by atoms with Crippen LogP contribution >= 0.6 is 0 Å². The second-order valence-electron chi connectivity index (χ2n) is 6.33. The summed E-state index contributed by atoms with van der Waals surface area (Å²) in [7, 11) is 1.58. The van der Waals surface area contributed by atoms with E-state index in [4.69, 9.17) is 15.2 Å². The molecular weight excluding hydrogens is 362 g/mol. The molecule has 0 aliphatic heterocycles. The molecule has 152 valence electrons. The highest BCUT2D eigenvalue weighted by molar-refractivity contribution is 5.95. The molecule has 5 N–H and O–H groups in total. The number of nitrogens with one attached hydrogen (secondary N) is 1. The lowest BCUT2D eigenvalue weighted by molar-refractivity contribution is 0.0997. The topological polar surface area (TPSA) is 127 Å². The molecule has 2 aromatic rings. The molecule has 8 heteroatoms. The van der Waals surface area contributed by atoms with Gasteiger partial charge >= 0.3 is 0 Å². The van der Waals surface area contributed by atoms with E-state index in [-0.39, 0.29) is 11.3 Å². The molecule has 0 radical (unpaired) electrons. The van der Waals surface area contributed by atoms with E-state index in [1.807, 2.05) is 6.07 Å². The Hall–Kier alpha value is -2.68. The lowest BCUT2D eigenvalue weighted by Crippen LogP contribution is -2.23. The molecule has 8 nitrogen and oxygen atoms in total. The van der Waals surface area contributed by atoms with Crippen molar-refractivity contribution in [3.8, 4) is 11.6 Å². The zero-order chi connectivity index (χ0) is 20.4. The van der Waals surface area contributed by atoms with Gasteiger partial charge < -0.3 is 30.7 Å². The standard InChI is InChI=1S/C20H27N3O5/c1-27-19-7-4-14(11-23-19)13-28-9-3-2-8-22-12-18(25)15-5-6-17(24)16(10-15)20(21)26/h4-7,10-11,18,22,24-25H,2-3,8-9,12-13H2,1H3,(H2,21,26). The Kier molecular flexibility index (Phi) is 8.67. The number of nitrogens with zero attached hydrogens (tertiary/aromatic N) is 1. The number of aromatic hydroxyl groups is 1. The van der Waals surface area contributed by atoms with Gasteiger partial charge in [-0.1, -0.05) is 6.07 Å². The smallest absolute Gasteiger partial charge is 0.252 e. The van der Waals surface area contributed by atoms with Crippen molar-refractivity contribution in [3.05, 3.63) is 53.2 Å². The van der Waals surface area contributed by atoms with Gasteiger partial charge in [0.1, 0.15) is 5.75 Å². The van der Waals surface area contributed by atoms with Gasteiger partial charge in [-0.15, -0.1) is 0 Å². The third-order valence-electron chi connectivity index (χ3n) is 4.18. The van der Waals surface area contributed by atoms with Gasteiger partial charge in [0, 0.05) is 25.4 Å². The Labute approximate surface area is 164 Å². The summed E-state index contributed by atoms with van der Waals surface area (Å²) < 4.78 is 10.6. The van der Waals surface area contributed by atoms with Crippen molar-refractivity contribution in [1.29, 1.82) is 0 Å². The van der Waals surface area contributed by atoms with Crippen LogP contribution in [0.15, 0.2) is 36.5 Å². The summed E-state index contributed by atoms with van der Waals surface area (Å²) >= 11 is 0. The number of aromatic nitrogens is 1. The van der Waals surface area contributed by atoms with Crippen LogP contribution in [-0.4, -0.2) is 47.9 Å². The second kappa shape index (κ2) is 11.2. The molecule has 0 spiro atoms. The minimum absolute atomic E-state index is 0.000703. The van der Waals surface area contributed by atoms with E-state index in [0.29, 0.717) is 31.2 Å². The number of rotatable bonds is 12. The van der Waals surface area contributed by atoms with E-state index in [1.165, 1.54) is 12.1 Å². The summed E-state index contributed by atoms with van der Waals surface area (Å²) in [5.74, 6) is -0.345. The first-order valence-corrected chi connectivity index (χ1v) is 9.09. The summed E-state index contributed by atoms with van der Waals surface area (Å²) in [5, 5.41) is 22.9. The van der Waals surface area contributed by atoms with Gasteiger partial charge in [-0.25, -0.2) is 4.98 Å². The summed E-state index contributed by atoms with van der Waals surface area (Å²) in [5.41, 5.74) is 6.71. The van der Waals surface area contributed by atoms with Gasteiger partial charge in [0.15, 0.2) is 0 Å². The van der Waals surface area contributed by atoms with Gasteiger partial charge in [0.25, 0.3) is 5.91 Å². The Morgan fingerprint density at radius 2 is 2.11 bits per heavy atom. The van der Waals surface area contributed by atoms with E-state index in [1.54, 1.807) is 25.4 Å². The van der Waals surface area contributed by atoms with Crippen LogP contribution in [0.2, 0.25) is 0 Å².